The minimum atomic E-state index is -0.261. The van der Waals surface area contributed by atoms with Crippen LogP contribution in [0.3, 0.4) is 0 Å². The lowest BCUT2D eigenvalue weighted by Crippen LogP contribution is -2.41. The number of hydrogen-bond acceptors (Lipinski definition) is 3. The summed E-state index contributed by atoms with van der Waals surface area (Å²) >= 11 is 0. The molecule has 2 fully saturated rings. The average Bonchev–Trinajstić information content (AvgIpc) is 2.94. The lowest BCUT2D eigenvalue weighted by atomic mass is 9.75. The van der Waals surface area contributed by atoms with E-state index in [0.717, 1.165) is 12.0 Å². The molecule has 0 aliphatic carbocycles. The first kappa shape index (κ1) is 15.4. The molecule has 4 nitrogen and oxygen atoms in total. The number of ether oxygens (including phenoxy) is 1. The topological polar surface area (TPSA) is 49.8 Å². The number of aryl methyl sites for hydroxylation is 1. The van der Waals surface area contributed by atoms with Crippen molar-refractivity contribution in [3.63, 3.8) is 0 Å². The predicted molar refractivity (Wildman–Crippen MR) is 79.7 cm³/mol. The highest BCUT2D eigenvalue weighted by Gasteiger charge is 2.48. The van der Waals surface area contributed by atoms with E-state index in [1.54, 1.807) is 12.1 Å². The zero-order valence-electron chi connectivity index (χ0n) is 12.6. The molecule has 0 bridgehead atoms. The monoisotopic (exact) mass is 307 g/mol. The van der Waals surface area contributed by atoms with Crippen LogP contribution < -0.4 is 0 Å². The average molecular weight is 307 g/mol. The van der Waals surface area contributed by atoms with Gasteiger partial charge in [0.25, 0.3) is 0 Å². The standard InChI is InChI=1S/C17H22FNO3/c18-15-4-1-13(2-5-15)3-6-16(21)19-9-14-10-22-8-7-17(14,11-19)12-20/h1-2,4-5,14,20H,3,6-12H2/t14-,17-/m1/s1. The summed E-state index contributed by atoms with van der Waals surface area (Å²) < 4.78 is 18.4. The van der Waals surface area contributed by atoms with E-state index in [1.165, 1.54) is 12.1 Å². The molecule has 1 aromatic rings. The van der Waals surface area contributed by atoms with Gasteiger partial charge in [-0.3, -0.25) is 4.79 Å². The highest BCUT2D eigenvalue weighted by molar-refractivity contribution is 5.77. The Labute approximate surface area is 129 Å². The number of aliphatic hydroxyl groups is 1. The Hall–Kier alpha value is -1.46. The summed E-state index contributed by atoms with van der Waals surface area (Å²) in [6, 6.07) is 6.27. The van der Waals surface area contributed by atoms with Gasteiger partial charge in [0.2, 0.25) is 5.91 Å². The van der Waals surface area contributed by atoms with E-state index in [2.05, 4.69) is 0 Å². The van der Waals surface area contributed by atoms with E-state index in [9.17, 15) is 14.3 Å². The zero-order chi connectivity index (χ0) is 15.6. The van der Waals surface area contributed by atoms with Crippen LogP contribution in [-0.2, 0) is 16.0 Å². The fraction of sp³-hybridized carbons (Fsp3) is 0.588. The summed E-state index contributed by atoms with van der Waals surface area (Å²) in [7, 11) is 0. The molecule has 0 aromatic heterocycles. The van der Waals surface area contributed by atoms with Gasteiger partial charge in [-0.1, -0.05) is 12.1 Å². The van der Waals surface area contributed by atoms with Crippen molar-refractivity contribution in [3.8, 4) is 0 Å². The number of nitrogens with zero attached hydrogens (tertiary/aromatic N) is 1. The Morgan fingerprint density at radius 2 is 2.18 bits per heavy atom. The molecule has 1 aromatic carbocycles. The molecule has 1 amide bonds. The molecule has 22 heavy (non-hydrogen) atoms. The van der Waals surface area contributed by atoms with Crippen molar-refractivity contribution in [1.82, 2.24) is 4.90 Å². The van der Waals surface area contributed by atoms with Gasteiger partial charge < -0.3 is 14.7 Å². The van der Waals surface area contributed by atoms with E-state index in [4.69, 9.17) is 4.74 Å². The molecule has 0 saturated carbocycles. The van der Waals surface area contributed by atoms with Crippen LogP contribution in [0.25, 0.3) is 0 Å². The number of benzene rings is 1. The number of carbonyl (C=O) groups is 1. The molecular formula is C17H22FNO3. The van der Waals surface area contributed by atoms with Gasteiger partial charge in [0, 0.05) is 37.5 Å². The maximum Gasteiger partial charge on any atom is 0.222 e. The second kappa shape index (κ2) is 6.34. The molecule has 1 N–H and O–H groups in total. The second-order valence-corrected chi connectivity index (χ2v) is 6.44. The van der Waals surface area contributed by atoms with Crippen molar-refractivity contribution in [2.75, 3.05) is 32.9 Å². The Kier molecular flexibility index (Phi) is 4.45. The summed E-state index contributed by atoms with van der Waals surface area (Å²) in [4.78, 5) is 14.3. The smallest absolute Gasteiger partial charge is 0.222 e. The molecule has 0 unspecified atom stereocenters. The minimum absolute atomic E-state index is 0.103. The highest BCUT2D eigenvalue weighted by atomic mass is 19.1. The predicted octanol–water partition coefficient (Wildman–Crippen LogP) is 1.62. The molecule has 2 aliphatic heterocycles. The third-order valence-electron chi connectivity index (χ3n) is 5.08. The molecule has 0 radical (unpaired) electrons. The minimum Gasteiger partial charge on any atom is -0.396 e. The van der Waals surface area contributed by atoms with Crippen molar-refractivity contribution in [2.45, 2.75) is 19.3 Å². The van der Waals surface area contributed by atoms with E-state index >= 15 is 0 Å². The molecule has 0 spiro atoms. The zero-order valence-corrected chi connectivity index (χ0v) is 12.6. The fourth-order valence-corrected chi connectivity index (χ4v) is 3.56. The van der Waals surface area contributed by atoms with Gasteiger partial charge in [0.15, 0.2) is 0 Å². The Balaban J connectivity index is 1.58. The van der Waals surface area contributed by atoms with E-state index in [1.807, 2.05) is 4.90 Å². The number of hydrogen-bond donors (Lipinski definition) is 1. The van der Waals surface area contributed by atoms with Crippen LogP contribution in [0.1, 0.15) is 18.4 Å². The third-order valence-corrected chi connectivity index (χ3v) is 5.08. The number of carbonyl (C=O) groups excluding carboxylic acids is 1. The molecule has 2 heterocycles. The van der Waals surface area contributed by atoms with Gasteiger partial charge in [-0.15, -0.1) is 0 Å². The summed E-state index contributed by atoms with van der Waals surface area (Å²) in [5.74, 6) is 0.0798. The maximum atomic E-state index is 12.9. The highest BCUT2D eigenvalue weighted by Crippen LogP contribution is 2.41. The van der Waals surface area contributed by atoms with Crippen LogP contribution in [0, 0.1) is 17.2 Å². The van der Waals surface area contributed by atoms with Crippen LogP contribution in [0.5, 0.6) is 0 Å². The second-order valence-electron chi connectivity index (χ2n) is 6.44. The third kappa shape index (κ3) is 3.01. The van der Waals surface area contributed by atoms with E-state index in [-0.39, 0.29) is 29.7 Å². The number of amides is 1. The van der Waals surface area contributed by atoms with Crippen LogP contribution in [0.15, 0.2) is 24.3 Å². The van der Waals surface area contributed by atoms with Gasteiger partial charge in [0.1, 0.15) is 5.82 Å². The van der Waals surface area contributed by atoms with Gasteiger partial charge in [-0.05, 0) is 30.5 Å². The number of fused-ring (bicyclic) bond motifs is 1. The number of rotatable bonds is 4. The SMILES string of the molecule is O=C(CCc1ccc(F)cc1)N1C[C@@H]2COCC[C@]2(CO)C1. The van der Waals surface area contributed by atoms with Crippen molar-refractivity contribution in [1.29, 1.82) is 0 Å². The Bertz CT molecular complexity index is 533. The lowest BCUT2D eigenvalue weighted by Gasteiger charge is -2.36. The van der Waals surface area contributed by atoms with Crippen molar-refractivity contribution < 1.29 is 19.0 Å². The fourth-order valence-electron chi connectivity index (χ4n) is 3.56. The quantitative estimate of drug-likeness (QED) is 0.919. The van der Waals surface area contributed by atoms with Gasteiger partial charge >= 0.3 is 0 Å². The molecule has 5 heteroatoms. The van der Waals surface area contributed by atoms with Crippen LogP contribution in [0.4, 0.5) is 4.39 Å². The van der Waals surface area contributed by atoms with E-state index < -0.39 is 0 Å². The Morgan fingerprint density at radius 1 is 1.41 bits per heavy atom. The molecule has 3 rings (SSSR count). The first-order chi connectivity index (χ1) is 10.6. The summed E-state index contributed by atoms with van der Waals surface area (Å²) in [5, 5.41) is 9.76. The maximum absolute atomic E-state index is 12.9. The largest absolute Gasteiger partial charge is 0.396 e. The molecule has 2 saturated heterocycles. The van der Waals surface area contributed by atoms with Gasteiger partial charge in [-0.25, -0.2) is 4.39 Å². The normalized spacial score (nSPS) is 27.7. The van der Waals surface area contributed by atoms with E-state index in [0.29, 0.717) is 39.1 Å². The first-order valence-corrected chi connectivity index (χ1v) is 7.84. The molecule has 2 aliphatic rings. The first-order valence-electron chi connectivity index (χ1n) is 7.84. The summed E-state index contributed by atoms with van der Waals surface area (Å²) in [5.41, 5.74) is 0.788. The van der Waals surface area contributed by atoms with Crippen LogP contribution in [0.2, 0.25) is 0 Å². The number of halogens is 1. The van der Waals surface area contributed by atoms with Crippen LogP contribution >= 0.6 is 0 Å². The molecule has 120 valence electrons. The molecule has 2 atom stereocenters. The summed E-state index contributed by atoms with van der Waals surface area (Å²) in [6.45, 7) is 2.70. The van der Waals surface area contributed by atoms with Gasteiger partial charge in [0.05, 0.1) is 13.2 Å². The molecular weight excluding hydrogens is 285 g/mol. The van der Waals surface area contributed by atoms with Crippen LogP contribution in [-0.4, -0.2) is 48.8 Å². The summed E-state index contributed by atoms with van der Waals surface area (Å²) in [6.07, 6.45) is 1.85. The lowest BCUT2D eigenvalue weighted by molar-refractivity contribution is -0.130. The number of likely N-dealkylation sites (tertiary alicyclic amines) is 1. The van der Waals surface area contributed by atoms with Crippen molar-refractivity contribution >= 4 is 5.91 Å². The van der Waals surface area contributed by atoms with Crippen molar-refractivity contribution in [2.24, 2.45) is 11.3 Å². The Morgan fingerprint density at radius 3 is 2.86 bits per heavy atom. The van der Waals surface area contributed by atoms with Gasteiger partial charge in [-0.2, -0.15) is 0 Å². The van der Waals surface area contributed by atoms with Crippen molar-refractivity contribution in [3.05, 3.63) is 35.6 Å². The number of aliphatic hydroxyl groups excluding tert-OH is 1.